The highest BCUT2D eigenvalue weighted by molar-refractivity contribution is 7.18. The van der Waals surface area contributed by atoms with Crippen LogP contribution in [0.1, 0.15) is 10.4 Å². The largest absolute Gasteiger partial charge is 0.497 e. The first-order valence-electron chi connectivity index (χ1n) is 8.25. The molecule has 126 valence electrons. The van der Waals surface area contributed by atoms with E-state index in [4.69, 9.17) is 4.74 Å². The number of thiazole rings is 1. The maximum absolute atomic E-state index is 12.6. The predicted molar refractivity (Wildman–Crippen MR) is 99.5 cm³/mol. The van der Waals surface area contributed by atoms with Crippen molar-refractivity contribution in [2.24, 2.45) is 0 Å². The zero-order chi connectivity index (χ0) is 17.2. The number of fused-ring (bicyclic) bond motifs is 1. The molecule has 0 spiro atoms. The van der Waals surface area contributed by atoms with Crippen molar-refractivity contribution in [3.63, 3.8) is 0 Å². The van der Waals surface area contributed by atoms with Crippen molar-refractivity contribution < 1.29 is 14.1 Å². The molecule has 3 aromatic rings. The van der Waals surface area contributed by atoms with Gasteiger partial charge in [-0.2, -0.15) is 0 Å². The summed E-state index contributed by atoms with van der Waals surface area (Å²) in [6.45, 7) is 2.21. The Bertz CT molecular complexity index is 888. The number of carbonyl (C=O) groups excluding carboxylic acids is 1. The summed E-state index contributed by atoms with van der Waals surface area (Å²) in [6.07, 6.45) is 2.19. The van der Waals surface area contributed by atoms with Crippen molar-refractivity contribution in [3.05, 3.63) is 66.4 Å². The number of benzene rings is 2. The molecule has 5 heteroatoms. The Morgan fingerprint density at radius 3 is 2.64 bits per heavy atom. The second-order valence-electron chi connectivity index (χ2n) is 6.01. The van der Waals surface area contributed by atoms with E-state index >= 15 is 0 Å². The number of rotatable bonds is 5. The molecule has 1 aromatic heterocycles. The number of Topliss-reactive ketones (excluding diaryl/α,β-unsaturated/α-hetero) is 1. The minimum Gasteiger partial charge on any atom is -0.497 e. The fourth-order valence-electron chi connectivity index (χ4n) is 3.03. The second-order valence-corrected chi connectivity index (χ2v) is 7.02. The molecule has 0 fully saturated rings. The third-order valence-corrected chi connectivity index (χ3v) is 5.64. The molecule has 0 saturated heterocycles. The molecule has 4 rings (SSSR count). The molecule has 0 N–H and O–H groups in total. The molecule has 0 unspecified atom stereocenters. The SMILES string of the molecule is COc1ccc(C(=O)CN2CC[n+]3cc(-c4ccccc4)sc32)cc1. The first kappa shape index (κ1) is 15.8. The van der Waals surface area contributed by atoms with E-state index in [1.54, 1.807) is 18.4 Å². The zero-order valence-electron chi connectivity index (χ0n) is 14.0. The van der Waals surface area contributed by atoms with E-state index in [2.05, 4.69) is 39.9 Å². The summed E-state index contributed by atoms with van der Waals surface area (Å²) in [6, 6.07) is 17.7. The van der Waals surface area contributed by atoms with Crippen LogP contribution in [0.2, 0.25) is 0 Å². The van der Waals surface area contributed by atoms with Gasteiger partial charge < -0.3 is 4.74 Å². The van der Waals surface area contributed by atoms with Crippen LogP contribution < -0.4 is 14.2 Å². The lowest BCUT2D eigenvalue weighted by Crippen LogP contribution is -2.29. The van der Waals surface area contributed by atoms with Crippen LogP contribution in [-0.2, 0) is 6.54 Å². The summed E-state index contributed by atoms with van der Waals surface area (Å²) in [4.78, 5) is 16.0. The van der Waals surface area contributed by atoms with Gasteiger partial charge in [0.1, 0.15) is 31.6 Å². The molecule has 0 saturated carbocycles. The summed E-state index contributed by atoms with van der Waals surface area (Å²) in [5.74, 6) is 0.895. The number of carbonyl (C=O) groups is 1. The Labute approximate surface area is 150 Å². The van der Waals surface area contributed by atoms with Crippen LogP contribution in [0.15, 0.2) is 60.8 Å². The van der Waals surface area contributed by atoms with Crippen molar-refractivity contribution in [1.29, 1.82) is 0 Å². The van der Waals surface area contributed by atoms with Gasteiger partial charge >= 0.3 is 5.13 Å². The van der Waals surface area contributed by atoms with Crippen molar-refractivity contribution in [3.8, 4) is 16.2 Å². The van der Waals surface area contributed by atoms with Crippen LogP contribution in [0.4, 0.5) is 5.13 Å². The number of ketones is 1. The lowest BCUT2D eigenvalue weighted by Gasteiger charge is -2.08. The van der Waals surface area contributed by atoms with Gasteiger partial charge in [0.25, 0.3) is 0 Å². The summed E-state index contributed by atoms with van der Waals surface area (Å²) >= 11 is 1.74. The van der Waals surface area contributed by atoms with Crippen molar-refractivity contribution in [1.82, 2.24) is 0 Å². The smallest absolute Gasteiger partial charge is 0.337 e. The third kappa shape index (κ3) is 3.15. The van der Waals surface area contributed by atoms with E-state index in [-0.39, 0.29) is 5.78 Å². The lowest BCUT2D eigenvalue weighted by molar-refractivity contribution is -0.666. The highest BCUT2D eigenvalue weighted by Crippen LogP contribution is 2.31. The van der Waals surface area contributed by atoms with Gasteiger partial charge in [0, 0.05) is 5.56 Å². The van der Waals surface area contributed by atoms with Gasteiger partial charge in [-0.1, -0.05) is 30.3 Å². The Morgan fingerprint density at radius 2 is 1.92 bits per heavy atom. The summed E-state index contributed by atoms with van der Waals surface area (Å²) in [5, 5.41) is 1.15. The molecule has 0 bridgehead atoms. The number of anilines is 1. The van der Waals surface area contributed by atoms with Crippen molar-refractivity contribution in [2.45, 2.75) is 6.54 Å². The Morgan fingerprint density at radius 1 is 1.16 bits per heavy atom. The highest BCUT2D eigenvalue weighted by Gasteiger charge is 2.32. The minimum atomic E-state index is 0.130. The molecular weight excluding hydrogens is 332 g/mol. The Hall–Kier alpha value is -2.66. The van der Waals surface area contributed by atoms with Gasteiger partial charge in [-0.05, 0) is 41.2 Å². The molecule has 0 atom stereocenters. The molecule has 2 aromatic carbocycles. The molecule has 1 aliphatic rings. The number of aromatic nitrogens is 1. The fraction of sp³-hybridized carbons (Fsp3) is 0.200. The molecule has 4 nitrogen and oxygen atoms in total. The third-order valence-electron chi connectivity index (χ3n) is 4.41. The van der Waals surface area contributed by atoms with Gasteiger partial charge in [-0.15, -0.1) is 0 Å². The molecule has 25 heavy (non-hydrogen) atoms. The van der Waals surface area contributed by atoms with E-state index in [1.807, 2.05) is 30.3 Å². The summed E-state index contributed by atoms with van der Waals surface area (Å²) in [7, 11) is 1.63. The summed E-state index contributed by atoms with van der Waals surface area (Å²) in [5.41, 5.74) is 1.94. The number of hydrogen-bond acceptors (Lipinski definition) is 4. The number of methoxy groups -OCH3 is 1. The molecule has 0 radical (unpaired) electrons. The van der Waals surface area contributed by atoms with E-state index in [0.717, 1.165) is 29.5 Å². The van der Waals surface area contributed by atoms with Crippen LogP contribution in [0.5, 0.6) is 5.75 Å². The van der Waals surface area contributed by atoms with Crippen molar-refractivity contribution >= 4 is 22.3 Å². The molecule has 2 heterocycles. The van der Waals surface area contributed by atoms with E-state index in [9.17, 15) is 4.79 Å². The van der Waals surface area contributed by atoms with E-state index in [1.165, 1.54) is 10.4 Å². The maximum atomic E-state index is 12.6. The fourth-order valence-corrected chi connectivity index (χ4v) is 4.21. The molecular formula is C20H19N2O2S+. The van der Waals surface area contributed by atoms with Gasteiger partial charge in [0.15, 0.2) is 0 Å². The van der Waals surface area contributed by atoms with E-state index in [0.29, 0.717) is 6.54 Å². The standard InChI is InChI=1S/C20H19N2O2S/c1-24-17-9-7-15(8-10-17)18(23)13-21-11-12-22-14-19(25-20(21)22)16-5-3-2-4-6-16/h2-10,14H,11-13H2,1H3/q+1. The van der Waals surface area contributed by atoms with Gasteiger partial charge in [-0.3, -0.25) is 4.79 Å². The minimum absolute atomic E-state index is 0.130. The van der Waals surface area contributed by atoms with Crippen LogP contribution in [0.25, 0.3) is 10.4 Å². The molecule has 0 aliphatic carbocycles. The average molecular weight is 351 g/mol. The number of ether oxygens (including phenoxy) is 1. The van der Waals surface area contributed by atoms with Gasteiger partial charge in [0.05, 0.1) is 12.0 Å². The molecule has 1 aliphatic heterocycles. The zero-order valence-corrected chi connectivity index (χ0v) is 14.8. The predicted octanol–water partition coefficient (Wildman–Crippen LogP) is 3.41. The quantitative estimate of drug-likeness (QED) is 0.522. The number of hydrogen-bond donors (Lipinski definition) is 0. The second kappa shape index (κ2) is 6.69. The average Bonchev–Trinajstić information content (AvgIpc) is 3.24. The van der Waals surface area contributed by atoms with Crippen LogP contribution in [0.3, 0.4) is 0 Å². The van der Waals surface area contributed by atoms with Gasteiger partial charge in [-0.25, -0.2) is 9.47 Å². The van der Waals surface area contributed by atoms with Crippen molar-refractivity contribution in [2.75, 3.05) is 25.1 Å². The first-order valence-corrected chi connectivity index (χ1v) is 9.07. The van der Waals surface area contributed by atoms with Gasteiger partial charge in [0.2, 0.25) is 5.78 Å². The van der Waals surface area contributed by atoms with E-state index < -0.39 is 0 Å². The van der Waals surface area contributed by atoms with Crippen LogP contribution in [0, 0.1) is 0 Å². The topological polar surface area (TPSA) is 33.4 Å². The Kier molecular flexibility index (Phi) is 4.24. The normalized spacial score (nSPS) is 12.9. The highest BCUT2D eigenvalue weighted by atomic mass is 32.1. The number of nitrogens with zero attached hydrogens (tertiary/aromatic N) is 2. The summed E-state index contributed by atoms with van der Waals surface area (Å²) < 4.78 is 7.39. The maximum Gasteiger partial charge on any atom is 0.337 e. The monoisotopic (exact) mass is 351 g/mol. The van der Waals surface area contributed by atoms with Crippen LogP contribution >= 0.6 is 11.3 Å². The van der Waals surface area contributed by atoms with Crippen LogP contribution in [-0.4, -0.2) is 26.0 Å². The Balaban J connectivity index is 1.52. The first-order chi connectivity index (χ1) is 12.2. The molecule has 0 amide bonds. The lowest BCUT2D eigenvalue weighted by atomic mass is 10.1.